The van der Waals surface area contributed by atoms with Crippen molar-refractivity contribution in [1.29, 1.82) is 0 Å². The number of ether oxygens (including phenoxy) is 1. The normalized spacial score (nSPS) is 11.2. The molecule has 1 aromatic carbocycles. The van der Waals surface area contributed by atoms with E-state index < -0.39 is 5.60 Å². The van der Waals surface area contributed by atoms with Crippen LogP contribution in [0.3, 0.4) is 0 Å². The maximum absolute atomic E-state index is 10.9. The summed E-state index contributed by atoms with van der Waals surface area (Å²) in [5.41, 5.74) is -0.448. The van der Waals surface area contributed by atoms with Gasteiger partial charge in [-0.25, -0.2) is 0 Å². The predicted molar refractivity (Wildman–Crippen MR) is 68.0 cm³/mol. The van der Waals surface area contributed by atoms with Gasteiger partial charge >= 0.3 is 5.97 Å². The summed E-state index contributed by atoms with van der Waals surface area (Å²) >= 11 is 7.43. The second-order valence-electron chi connectivity index (χ2n) is 4.10. The zero-order chi connectivity index (χ0) is 12.2. The standard InChI is InChI=1S/C12H15ClO2S/c1-9(14)15-12(2,3)8-16-11-6-4-10(13)5-7-11/h4-7H,8H2,1-3H3. The highest BCUT2D eigenvalue weighted by Gasteiger charge is 2.21. The van der Waals surface area contributed by atoms with Gasteiger partial charge in [0.1, 0.15) is 5.60 Å². The SMILES string of the molecule is CC(=O)OC(C)(C)CSc1ccc(Cl)cc1. The van der Waals surface area contributed by atoms with Crippen molar-refractivity contribution >= 4 is 29.3 Å². The summed E-state index contributed by atoms with van der Waals surface area (Å²) in [6.07, 6.45) is 0. The molecule has 1 rings (SSSR count). The maximum atomic E-state index is 10.9. The number of esters is 1. The lowest BCUT2D eigenvalue weighted by Crippen LogP contribution is -2.29. The first kappa shape index (κ1) is 13.4. The number of hydrogen-bond acceptors (Lipinski definition) is 3. The second-order valence-corrected chi connectivity index (χ2v) is 5.58. The molecule has 2 nitrogen and oxygen atoms in total. The average Bonchev–Trinajstić information content (AvgIpc) is 2.15. The Morgan fingerprint density at radius 2 is 1.94 bits per heavy atom. The molecule has 4 heteroatoms. The van der Waals surface area contributed by atoms with Gasteiger partial charge in [-0.2, -0.15) is 0 Å². The third-order valence-corrected chi connectivity index (χ3v) is 3.52. The van der Waals surface area contributed by atoms with Gasteiger partial charge in [0, 0.05) is 22.6 Å². The Bertz CT molecular complexity index is 360. The van der Waals surface area contributed by atoms with E-state index in [4.69, 9.17) is 16.3 Å². The van der Waals surface area contributed by atoms with Gasteiger partial charge in [-0.1, -0.05) is 11.6 Å². The Morgan fingerprint density at radius 1 is 1.38 bits per heavy atom. The fourth-order valence-electron chi connectivity index (χ4n) is 1.21. The smallest absolute Gasteiger partial charge is 0.303 e. The highest BCUT2D eigenvalue weighted by molar-refractivity contribution is 7.99. The molecule has 0 aliphatic rings. The molecule has 0 aliphatic heterocycles. The Hall–Kier alpha value is -0.670. The first-order valence-corrected chi connectivity index (χ1v) is 6.33. The molecule has 1 aromatic rings. The summed E-state index contributed by atoms with van der Waals surface area (Å²) in [7, 11) is 0. The lowest BCUT2D eigenvalue weighted by atomic mass is 10.2. The molecule has 0 N–H and O–H groups in total. The quantitative estimate of drug-likeness (QED) is 0.607. The molecule has 0 spiro atoms. The van der Waals surface area contributed by atoms with Crippen molar-refractivity contribution in [2.24, 2.45) is 0 Å². The topological polar surface area (TPSA) is 26.3 Å². The van der Waals surface area contributed by atoms with Crippen molar-refractivity contribution in [2.45, 2.75) is 31.3 Å². The molecule has 0 atom stereocenters. The van der Waals surface area contributed by atoms with Crippen molar-refractivity contribution in [3.05, 3.63) is 29.3 Å². The molecule has 0 bridgehead atoms. The molecule has 16 heavy (non-hydrogen) atoms. The molecular formula is C12H15ClO2S. The minimum Gasteiger partial charge on any atom is -0.459 e. The van der Waals surface area contributed by atoms with Crippen LogP contribution in [0, 0.1) is 0 Å². The zero-order valence-electron chi connectivity index (χ0n) is 9.62. The highest BCUT2D eigenvalue weighted by atomic mass is 35.5. The summed E-state index contributed by atoms with van der Waals surface area (Å²) in [6, 6.07) is 7.61. The van der Waals surface area contributed by atoms with Gasteiger partial charge in [0.25, 0.3) is 0 Å². The van der Waals surface area contributed by atoms with Gasteiger partial charge in [-0.3, -0.25) is 4.79 Å². The lowest BCUT2D eigenvalue weighted by molar-refractivity contribution is -0.151. The van der Waals surface area contributed by atoms with Crippen molar-refractivity contribution < 1.29 is 9.53 Å². The number of carbonyl (C=O) groups excluding carboxylic acids is 1. The Morgan fingerprint density at radius 3 is 2.44 bits per heavy atom. The summed E-state index contributed by atoms with van der Waals surface area (Å²) < 4.78 is 5.20. The van der Waals surface area contributed by atoms with Crippen LogP contribution in [0.1, 0.15) is 20.8 Å². The Labute approximate surface area is 105 Å². The number of rotatable bonds is 4. The van der Waals surface area contributed by atoms with E-state index in [0.717, 1.165) is 9.92 Å². The van der Waals surface area contributed by atoms with Crippen molar-refractivity contribution in [2.75, 3.05) is 5.75 Å². The van der Waals surface area contributed by atoms with Crippen LogP contribution in [-0.2, 0) is 9.53 Å². The van der Waals surface area contributed by atoms with E-state index in [1.807, 2.05) is 38.1 Å². The first-order valence-electron chi connectivity index (χ1n) is 4.97. The summed E-state index contributed by atoms with van der Waals surface area (Å²) in [4.78, 5) is 12.0. The van der Waals surface area contributed by atoms with Crippen molar-refractivity contribution in [1.82, 2.24) is 0 Å². The average molecular weight is 259 g/mol. The predicted octanol–water partition coefficient (Wildman–Crippen LogP) is 3.77. The van der Waals surface area contributed by atoms with E-state index in [1.165, 1.54) is 6.92 Å². The molecule has 0 unspecified atom stereocenters. The second kappa shape index (κ2) is 5.60. The van der Waals surface area contributed by atoms with Crippen LogP contribution in [0.5, 0.6) is 0 Å². The summed E-state index contributed by atoms with van der Waals surface area (Å²) in [6.45, 7) is 5.23. The van der Waals surface area contributed by atoms with Crippen LogP contribution < -0.4 is 0 Å². The van der Waals surface area contributed by atoms with E-state index in [0.29, 0.717) is 5.75 Å². The molecule has 0 aromatic heterocycles. The van der Waals surface area contributed by atoms with Gasteiger partial charge in [0.15, 0.2) is 0 Å². The monoisotopic (exact) mass is 258 g/mol. The first-order chi connectivity index (χ1) is 7.39. The molecule has 0 heterocycles. The van der Waals surface area contributed by atoms with Crippen LogP contribution in [-0.4, -0.2) is 17.3 Å². The number of hydrogen-bond donors (Lipinski definition) is 0. The minimum atomic E-state index is -0.448. The lowest BCUT2D eigenvalue weighted by Gasteiger charge is -2.23. The number of halogens is 1. The molecule has 0 saturated carbocycles. The van der Waals surface area contributed by atoms with Crippen molar-refractivity contribution in [3.8, 4) is 0 Å². The fraction of sp³-hybridized carbons (Fsp3) is 0.417. The third kappa shape index (κ3) is 4.90. The van der Waals surface area contributed by atoms with E-state index >= 15 is 0 Å². The number of benzene rings is 1. The minimum absolute atomic E-state index is 0.248. The summed E-state index contributed by atoms with van der Waals surface area (Å²) in [5.74, 6) is 0.468. The molecule has 0 radical (unpaired) electrons. The molecule has 88 valence electrons. The summed E-state index contributed by atoms with van der Waals surface area (Å²) in [5, 5.41) is 0.726. The molecule has 0 fully saturated rings. The number of carbonyl (C=O) groups is 1. The zero-order valence-corrected chi connectivity index (χ0v) is 11.2. The van der Waals surface area contributed by atoms with Gasteiger partial charge in [0.05, 0.1) is 0 Å². The number of thioether (sulfide) groups is 1. The van der Waals surface area contributed by atoms with Crippen LogP contribution in [0.2, 0.25) is 5.02 Å². The highest BCUT2D eigenvalue weighted by Crippen LogP contribution is 2.25. The largest absolute Gasteiger partial charge is 0.459 e. The van der Waals surface area contributed by atoms with E-state index in [1.54, 1.807) is 11.8 Å². The fourth-order valence-corrected chi connectivity index (χ4v) is 2.23. The van der Waals surface area contributed by atoms with Gasteiger partial charge in [0.2, 0.25) is 0 Å². The van der Waals surface area contributed by atoms with Crippen LogP contribution in [0.4, 0.5) is 0 Å². The molecule has 0 saturated heterocycles. The molecule has 0 aliphatic carbocycles. The van der Waals surface area contributed by atoms with Gasteiger partial charge < -0.3 is 4.74 Å². The van der Waals surface area contributed by atoms with Crippen LogP contribution in [0.25, 0.3) is 0 Å². The van der Waals surface area contributed by atoms with Gasteiger partial charge in [-0.05, 0) is 38.1 Å². The maximum Gasteiger partial charge on any atom is 0.303 e. The molecular weight excluding hydrogens is 244 g/mol. The van der Waals surface area contributed by atoms with Crippen LogP contribution in [0.15, 0.2) is 29.2 Å². The van der Waals surface area contributed by atoms with E-state index in [2.05, 4.69) is 0 Å². The van der Waals surface area contributed by atoms with Crippen molar-refractivity contribution in [3.63, 3.8) is 0 Å². The van der Waals surface area contributed by atoms with Gasteiger partial charge in [-0.15, -0.1) is 11.8 Å². The Balaban J connectivity index is 2.50. The van der Waals surface area contributed by atoms with Crippen LogP contribution >= 0.6 is 23.4 Å². The molecule has 0 amide bonds. The van der Waals surface area contributed by atoms with E-state index in [-0.39, 0.29) is 5.97 Å². The van der Waals surface area contributed by atoms with E-state index in [9.17, 15) is 4.79 Å². The Kier molecular flexibility index (Phi) is 4.69. The third-order valence-electron chi connectivity index (χ3n) is 1.82.